The summed E-state index contributed by atoms with van der Waals surface area (Å²) in [6.07, 6.45) is 1.76. The highest BCUT2D eigenvalue weighted by Gasteiger charge is 2.22. The number of nitrogens with one attached hydrogen (secondary N) is 1. The SMILES string of the molecule is Clc1cccc(CN2CCN(c3nc4ncccc4nc3Nc3ccccc3)CC2)c1. The molecule has 1 saturated heterocycles. The van der Waals surface area contributed by atoms with E-state index in [4.69, 9.17) is 21.6 Å². The lowest BCUT2D eigenvalue weighted by Crippen LogP contribution is -2.46. The first-order chi connectivity index (χ1) is 15.2. The van der Waals surface area contributed by atoms with Crippen LogP contribution in [0.3, 0.4) is 0 Å². The van der Waals surface area contributed by atoms with Crippen LogP contribution in [0.5, 0.6) is 0 Å². The largest absolute Gasteiger partial charge is 0.351 e. The van der Waals surface area contributed by atoms with E-state index in [9.17, 15) is 0 Å². The molecule has 0 bridgehead atoms. The maximum absolute atomic E-state index is 6.14. The summed E-state index contributed by atoms with van der Waals surface area (Å²) in [6.45, 7) is 4.53. The van der Waals surface area contributed by atoms with Gasteiger partial charge in [0, 0.05) is 49.6 Å². The van der Waals surface area contributed by atoms with Crippen LogP contribution in [0.25, 0.3) is 11.2 Å². The molecule has 2 aromatic carbocycles. The third kappa shape index (κ3) is 4.60. The van der Waals surface area contributed by atoms with Gasteiger partial charge < -0.3 is 10.2 Å². The van der Waals surface area contributed by atoms with E-state index in [0.717, 1.165) is 60.6 Å². The number of halogens is 1. The van der Waals surface area contributed by atoms with Gasteiger partial charge in [0.15, 0.2) is 17.3 Å². The zero-order valence-electron chi connectivity index (χ0n) is 17.1. The Morgan fingerprint density at radius 1 is 0.871 bits per heavy atom. The van der Waals surface area contributed by atoms with Crippen molar-refractivity contribution in [2.45, 2.75) is 6.54 Å². The summed E-state index contributed by atoms with van der Waals surface area (Å²) in [5, 5.41) is 4.23. The molecule has 1 aliphatic rings. The third-order valence-electron chi connectivity index (χ3n) is 5.43. The highest BCUT2D eigenvalue weighted by Crippen LogP contribution is 2.28. The van der Waals surface area contributed by atoms with Gasteiger partial charge in [-0.3, -0.25) is 4.90 Å². The molecule has 0 radical (unpaired) electrons. The van der Waals surface area contributed by atoms with Gasteiger partial charge in [-0.2, -0.15) is 0 Å². The van der Waals surface area contributed by atoms with Crippen molar-refractivity contribution >= 4 is 40.1 Å². The number of para-hydroxylation sites is 1. The van der Waals surface area contributed by atoms with Gasteiger partial charge in [-0.15, -0.1) is 0 Å². The number of nitrogens with zero attached hydrogens (tertiary/aromatic N) is 5. The topological polar surface area (TPSA) is 57.2 Å². The summed E-state index contributed by atoms with van der Waals surface area (Å²) in [5.41, 5.74) is 3.67. The van der Waals surface area contributed by atoms with Crippen LogP contribution in [-0.4, -0.2) is 46.0 Å². The molecule has 1 N–H and O–H groups in total. The number of benzene rings is 2. The Balaban J connectivity index is 1.37. The summed E-state index contributed by atoms with van der Waals surface area (Å²) in [6, 6.07) is 22.0. The summed E-state index contributed by atoms with van der Waals surface area (Å²) in [4.78, 5) is 18.9. The van der Waals surface area contributed by atoms with E-state index in [1.807, 2.05) is 60.7 Å². The first-order valence-electron chi connectivity index (χ1n) is 10.4. The van der Waals surface area contributed by atoms with E-state index in [-0.39, 0.29) is 0 Å². The van der Waals surface area contributed by atoms with Crippen LogP contribution in [0.2, 0.25) is 5.02 Å². The van der Waals surface area contributed by atoms with Crippen LogP contribution in [-0.2, 0) is 6.54 Å². The Morgan fingerprint density at radius 3 is 2.52 bits per heavy atom. The van der Waals surface area contributed by atoms with Crippen LogP contribution >= 0.6 is 11.6 Å². The van der Waals surface area contributed by atoms with E-state index in [1.165, 1.54) is 5.56 Å². The molecule has 0 aliphatic carbocycles. The first-order valence-corrected chi connectivity index (χ1v) is 10.8. The van der Waals surface area contributed by atoms with Crippen molar-refractivity contribution in [3.63, 3.8) is 0 Å². The fourth-order valence-electron chi connectivity index (χ4n) is 3.86. The molecule has 0 saturated carbocycles. The minimum atomic E-state index is 0.664. The number of aromatic nitrogens is 3. The van der Waals surface area contributed by atoms with Crippen molar-refractivity contribution in [1.82, 2.24) is 19.9 Å². The zero-order valence-corrected chi connectivity index (χ0v) is 17.8. The van der Waals surface area contributed by atoms with Crippen LogP contribution in [0, 0.1) is 0 Å². The second-order valence-electron chi connectivity index (χ2n) is 7.63. The number of piperazine rings is 1. The predicted octanol–water partition coefficient (Wildman–Crippen LogP) is 4.74. The van der Waals surface area contributed by atoms with Crippen molar-refractivity contribution in [3.8, 4) is 0 Å². The van der Waals surface area contributed by atoms with E-state index in [1.54, 1.807) is 6.20 Å². The van der Waals surface area contributed by atoms with Crippen molar-refractivity contribution < 1.29 is 0 Å². The highest BCUT2D eigenvalue weighted by atomic mass is 35.5. The Morgan fingerprint density at radius 2 is 1.71 bits per heavy atom. The fraction of sp³-hybridized carbons (Fsp3) is 0.208. The minimum absolute atomic E-state index is 0.664. The Labute approximate surface area is 186 Å². The number of pyridine rings is 1. The third-order valence-corrected chi connectivity index (χ3v) is 5.66. The lowest BCUT2D eigenvalue weighted by molar-refractivity contribution is 0.249. The van der Waals surface area contributed by atoms with Gasteiger partial charge in [0.2, 0.25) is 0 Å². The van der Waals surface area contributed by atoms with Crippen LogP contribution in [0.4, 0.5) is 17.3 Å². The molecule has 5 rings (SSSR count). The summed E-state index contributed by atoms with van der Waals surface area (Å²) in [7, 11) is 0. The number of rotatable bonds is 5. The van der Waals surface area contributed by atoms with Gasteiger partial charge >= 0.3 is 0 Å². The van der Waals surface area contributed by atoms with Crippen LogP contribution in [0.15, 0.2) is 72.9 Å². The maximum atomic E-state index is 6.14. The molecule has 31 heavy (non-hydrogen) atoms. The van der Waals surface area contributed by atoms with Crippen molar-refractivity contribution in [2.75, 3.05) is 36.4 Å². The summed E-state index contributed by atoms with van der Waals surface area (Å²) in [5.74, 6) is 1.60. The molecule has 4 aromatic rings. The van der Waals surface area contributed by atoms with Crippen LogP contribution in [0.1, 0.15) is 5.56 Å². The molecule has 0 amide bonds. The molecule has 7 heteroatoms. The normalized spacial score (nSPS) is 14.7. The standard InChI is InChI=1S/C24H23ClN6/c25-19-7-4-6-18(16-19)17-30-12-14-31(15-13-30)24-23(27-20-8-2-1-3-9-20)28-21-10-5-11-26-22(21)29-24/h1-11,16H,12-15,17H2,(H,27,28). The van der Waals surface area contributed by atoms with Crippen LogP contribution < -0.4 is 10.2 Å². The number of hydrogen-bond donors (Lipinski definition) is 1. The van der Waals surface area contributed by atoms with Gasteiger partial charge in [0.05, 0.1) is 0 Å². The molecule has 2 aromatic heterocycles. The molecule has 0 atom stereocenters. The van der Waals surface area contributed by atoms with Gasteiger partial charge in [0.25, 0.3) is 0 Å². The molecule has 156 valence electrons. The monoisotopic (exact) mass is 430 g/mol. The maximum Gasteiger partial charge on any atom is 0.180 e. The lowest BCUT2D eigenvalue weighted by Gasteiger charge is -2.36. The lowest BCUT2D eigenvalue weighted by atomic mass is 10.2. The molecular weight excluding hydrogens is 408 g/mol. The van der Waals surface area contributed by atoms with E-state index < -0.39 is 0 Å². The zero-order chi connectivity index (χ0) is 21.0. The van der Waals surface area contributed by atoms with Crippen molar-refractivity contribution in [2.24, 2.45) is 0 Å². The fourth-order valence-corrected chi connectivity index (χ4v) is 4.07. The number of fused-ring (bicyclic) bond motifs is 1. The van der Waals surface area contributed by atoms with E-state index in [0.29, 0.717) is 5.65 Å². The average Bonchev–Trinajstić information content (AvgIpc) is 2.80. The van der Waals surface area contributed by atoms with E-state index in [2.05, 4.69) is 26.2 Å². The molecule has 0 unspecified atom stereocenters. The molecule has 3 heterocycles. The second kappa shape index (κ2) is 8.88. The Kier molecular flexibility index (Phi) is 5.65. The predicted molar refractivity (Wildman–Crippen MR) is 126 cm³/mol. The van der Waals surface area contributed by atoms with Crippen molar-refractivity contribution in [1.29, 1.82) is 0 Å². The van der Waals surface area contributed by atoms with Gasteiger partial charge in [0.1, 0.15) is 5.52 Å². The smallest absolute Gasteiger partial charge is 0.180 e. The second-order valence-corrected chi connectivity index (χ2v) is 8.06. The number of hydrogen-bond acceptors (Lipinski definition) is 6. The van der Waals surface area contributed by atoms with Gasteiger partial charge in [-0.1, -0.05) is 41.9 Å². The van der Waals surface area contributed by atoms with E-state index >= 15 is 0 Å². The summed E-state index contributed by atoms with van der Waals surface area (Å²) >= 11 is 6.14. The molecule has 0 spiro atoms. The average molecular weight is 431 g/mol. The Bertz CT molecular complexity index is 1180. The first kappa shape index (κ1) is 19.7. The number of anilines is 3. The van der Waals surface area contributed by atoms with Gasteiger partial charge in [-0.05, 0) is 42.0 Å². The highest BCUT2D eigenvalue weighted by molar-refractivity contribution is 6.30. The molecule has 6 nitrogen and oxygen atoms in total. The molecule has 1 fully saturated rings. The quantitative estimate of drug-likeness (QED) is 0.493. The van der Waals surface area contributed by atoms with Crippen molar-refractivity contribution in [3.05, 3.63) is 83.5 Å². The Hall–Kier alpha value is -3.22. The summed E-state index contributed by atoms with van der Waals surface area (Å²) < 4.78 is 0. The molecule has 1 aliphatic heterocycles. The van der Waals surface area contributed by atoms with Gasteiger partial charge in [-0.25, -0.2) is 15.0 Å². The minimum Gasteiger partial charge on any atom is -0.351 e. The molecular formula is C24H23ClN6.